The molecule has 2 aromatic heterocycles. The van der Waals surface area contributed by atoms with Crippen molar-refractivity contribution in [3.63, 3.8) is 0 Å². The number of aromatic nitrogens is 2. The molecule has 3 aromatic rings. The number of hydrogen-bond acceptors (Lipinski definition) is 4. The van der Waals surface area contributed by atoms with Gasteiger partial charge in [-0.1, -0.05) is 18.2 Å². The van der Waals surface area contributed by atoms with Crippen LogP contribution in [0, 0.1) is 0 Å². The third-order valence-electron chi connectivity index (χ3n) is 2.55. The first kappa shape index (κ1) is 8.91. The van der Waals surface area contributed by atoms with Gasteiger partial charge in [-0.2, -0.15) is 0 Å². The molecule has 1 aromatic carbocycles. The number of rotatable bonds is 0. The number of nitrogens with zero attached hydrogens (tertiary/aromatic N) is 2. The molecule has 2 heterocycles. The Hall–Kier alpha value is -2.36. The molecule has 4 nitrogen and oxygen atoms in total. The summed E-state index contributed by atoms with van der Waals surface area (Å²) in [4.78, 5) is 8.36. The maximum absolute atomic E-state index is 9.46. The lowest BCUT2D eigenvalue weighted by atomic mass is 10.1. The van der Waals surface area contributed by atoms with Gasteiger partial charge in [0.1, 0.15) is 11.3 Å². The van der Waals surface area contributed by atoms with E-state index in [1.807, 2.05) is 24.3 Å². The van der Waals surface area contributed by atoms with E-state index in [0.717, 1.165) is 16.3 Å². The monoisotopic (exact) mass is 211 g/mol. The fourth-order valence-corrected chi connectivity index (χ4v) is 1.84. The maximum atomic E-state index is 9.46. The van der Waals surface area contributed by atoms with Gasteiger partial charge in [0, 0.05) is 10.8 Å². The number of nitrogen functional groups attached to an aromatic ring is 1. The van der Waals surface area contributed by atoms with Gasteiger partial charge in [-0.25, -0.2) is 9.97 Å². The molecule has 0 saturated heterocycles. The van der Waals surface area contributed by atoms with Crippen LogP contribution in [0.2, 0.25) is 0 Å². The zero-order chi connectivity index (χ0) is 11.1. The van der Waals surface area contributed by atoms with E-state index < -0.39 is 0 Å². The first-order chi connectivity index (χ1) is 7.75. The molecule has 0 aliphatic heterocycles. The van der Waals surface area contributed by atoms with E-state index in [-0.39, 0.29) is 5.75 Å². The molecule has 78 valence electrons. The molecule has 0 saturated carbocycles. The standard InChI is InChI=1S/C12H9N3O/c13-12-11-9(5-7(16)6-14-11)8-3-1-2-4-10(8)15-12/h1-6,16H,(H2,13,15). The van der Waals surface area contributed by atoms with Crippen LogP contribution in [-0.4, -0.2) is 15.1 Å². The molecule has 0 unspecified atom stereocenters. The highest BCUT2D eigenvalue weighted by molar-refractivity contribution is 6.08. The van der Waals surface area contributed by atoms with Crippen LogP contribution in [-0.2, 0) is 0 Å². The van der Waals surface area contributed by atoms with Gasteiger partial charge in [0.2, 0.25) is 0 Å². The van der Waals surface area contributed by atoms with E-state index in [4.69, 9.17) is 5.73 Å². The van der Waals surface area contributed by atoms with E-state index in [1.165, 1.54) is 6.20 Å². The van der Waals surface area contributed by atoms with Crippen LogP contribution in [0.3, 0.4) is 0 Å². The number of anilines is 1. The van der Waals surface area contributed by atoms with Crippen molar-refractivity contribution in [1.29, 1.82) is 0 Å². The maximum Gasteiger partial charge on any atom is 0.150 e. The second kappa shape index (κ2) is 3.06. The number of pyridine rings is 2. The van der Waals surface area contributed by atoms with E-state index >= 15 is 0 Å². The second-order valence-electron chi connectivity index (χ2n) is 3.60. The smallest absolute Gasteiger partial charge is 0.150 e. The van der Waals surface area contributed by atoms with Crippen LogP contribution in [0.25, 0.3) is 21.8 Å². The lowest BCUT2D eigenvalue weighted by Crippen LogP contribution is -1.94. The molecular formula is C12H9N3O. The summed E-state index contributed by atoms with van der Waals surface area (Å²) in [5, 5.41) is 11.2. The third kappa shape index (κ3) is 1.16. The van der Waals surface area contributed by atoms with Crippen LogP contribution >= 0.6 is 0 Å². The first-order valence-corrected chi connectivity index (χ1v) is 4.88. The highest BCUT2D eigenvalue weighted by Crippen LogP contribution is 2.28. The summed E-state index contributed by atoms with van der Waals surface area (Å²) in [6.45, 7) is 0. The molecule has 0 atom stereocenters. The van der Waals surface area contributed by atoms with Crippen molar-refractivity contribution in [1.82, 2.24) is 9.97 Å². The zero-order valence-electron chi connectivity index (χ0n) is 8.38. The largest absolute Gasteiger partial charge is 0.506 e. The van der Waals surface area contributed by atoms with Crippen molar-refractivity contribution in [2.75, 3.05) is 5.73 Å². The Balaban J connectivity index is 2.61. The molecule has 3 N–H and O–H groups in total. The highest BCUT2D eigenvalue weighted by Gasteiger charge is 2.07. The van der Waals surface area contributed by atoms with Gasteiger partial charge in [-0.05, 0) is 12.1 Å². The first-order valence-electron chi connectivity index (χ1n) is 4.88. The molecule has 0 fully saturated rings. The van der Waals surface area contributed by atoms with Crippen LogP contribution in [0.4, 0.5) is 5.82 Å². The van der Waals surface area contributed by atoms with Gasteiger partial charge in [0.05, 0.1) is 11.7 Å². The highest BCUT2D eigenvalue weighted by atomic mass is 16.3. The van der Waals surface area contributed by atoms with Gasteiger partial charge in [-0.15, -0.1) is 0 Å². The van der Waals surface area contributed by atoms with Crippen molar-refractivity contribution >= 4 is 27.6 Å². The molecular weight excluding hydrogens is 202 g/mol. The number of fused-ring (bicyclic) bond motifs is 3. The summed E-state index contributed by atoms with van der Waals surface area (Å²) < 4.78 is 0. The van der Waals surface area contributed by atoms with Gasteiger partial charge in [0.15, 0.2) is 5.82 Å². The topological polar surface area (TPSA) is 72.0 Å². The average Bonchev–Trinajstić information content (AvgIpc) is 2.29. The lowest BCUT2D eigenvalue weighted by molar-refractivity contribution is 0.474. The Bertz CT molecular complexity index is 694. The predicted molar refractivity (Wildman–Crippen MR) is 63.1 cm³/mol. The minimum absolute atomic E-state index is 0.128. The zero-order valence-corrected chi connectivity index (χ0v) is 8.38. The Labute approximate surface area is 91.4 Å². The van der Waals surface area contributed by atoms with Gasteiger partial charge in [-0.3, -0.25) is 0 Å². The normalized spacial score (nSPS) is 11.0. The summed E-state index contributed by atoms with van der Waals surface area (Å²) in [7, 11) is 0. The SMILES string of the molecule is Nc1nc2ccccc2c2cc(O)cnc12. The van der Waals surface area contributed by atoms with Gasteiger partial charge in [0.25, 0.3) is 0 Å². The Morgan fingerprint density at radius 1 is 1.12 bits per heavy atom. The van der Waals surface area contributed by atoms with E-state index in [0.29, 0.717) is 11.3 Å². The second-order valence-corrected chi connectivity index (χ2v) is 3.60. The third-order valence-corrected chi connectivity index (χ3v) is 2.55. The van der Waals surface area contributed by atoms with Crippen molar-refractivity contribution in [2.24, 2.45) is 0 Å². The number of benzene rings is 1. The Morgan fingerprint density at radius 2 is 1.94 bits per heavy atom. The van der Waals surface area contributed by atoms with E-state index in [1.54, 1.807) is 6.07 Å². The van der Waals surface area contributed by atoms with Crippen molar-refractivity contribution in [3.05, 3.63) is 36.5 Å². The number of para-hydroxylation sites is 1. The Morgan fingerprint density at radius 3 is 2.81 bits per heavy atom. The van der Waals surface area contributed by atoms with Crippen molar-refractivity contribution in [3.8, 4) is 5.75 Å². The van der Waals surface area contributed by atoms with Crippen LogP contribution < -0.4 is 5.73 Å². The summed E-state index contributed by atoms with van der Waals surface area (Å²) in [5.41, 5.74) is 7.24. The number of aromatic hydroxyl groups is 1. The molecule has 3 rings (SSSR count). The fourth-order valence-electron chi connectivity index (χ4n) is 1.84. The molecule has 0 bridgehead atoms. The van der Waals surface area contributed by atoms with Crippen LogP contribution in [0.15, 0.2) is 36.5 Å². The van der Waals surface area contributed by atoms with Crippen molar-refractivity contribution < 1.29 is 5.11 Å². The molecule has 0 radical (unpaired) electrons. The van der Waals surface area contributed by atoms with Crippen LogP contribution in [0.5, 0.6) is 5.75 Å². The van der Waals surface area contributed by atoms with Crippen LogP contribution in [0.1, 0.15) is 0 Å². The molecule has 0 aliphatic rings. The van der Waals surface area contributed by atoms with Gasteiger partial charge < -0.3 is 10.8 Å². The number of nitrogens with two attached hydrogens (primary N) is 1. The summed E-state index contributed by atoms with van der Waals surface area (Å²) >= 11 is 0. The Kier molecular flexibility index (Phi) is 1.71. The quantitative estimate of drug-likeness (QED) is 0.558. The van der Waals surface area contributed by atoms with Crippen molar-refractivity contribution in [2.45, 2.75) is 0 Å². The molecule has 16 heavy (non-hydrogen) atoms. The summed E-state index contributed by atoms with van der Waals surface area (Å²) in [6.07, 6.45) is 1.37. The molecule has 0 aliphatic carbocycles. The molecule has 0 spiro atoms. The van der Waals surface area contributed by atoms with E-state index in [9.17, 15) is 5.11 Å². The number of hydrogen-bond donors (Lipinski definition) is 2. The minimum Gasteiger partial charge on any atom is -0.506 e. The lowest BCUT2D eigenvalue weighted by Gasteiger charge is -2.05. The summed E-state index contributed by atoms with van der Waals surface area (Å²) in [6, 6.07) is 9.30. The average molecular weight is 211 g/mol. The molecule has 0 amide bonds. The van der Waals surface area contributed by atoms with Gasteiger partial charge >= 0.3 is 0 Å². The minimum atomic E-state index is 0.128. The molecule has 4 heteroatoms. The summed E-state index contributed by atoms with van der Waals surface area (Å²) in [5.74, 6) is 0.511. The fraction of sp³-hybridized carbons (Fsp3) is 0. The van der Waals surface area contributed by atoms with E-state index in [2.05, 4.69) is 9.97 Å². The predicted octanol–water partition coefficient (Wildman–Crippen LogP) is 2.07.